The minimum atomic E-state index is 0. The zero-order valence-corrected chi connectivity index (χ0v) is 24.1. The van der Waals surface area contributed by atoms with Crippen LogP contribution in [-0.2, 0) is 0 Å². The van der Waals surface area contributed by atoms with E-state index < -0.39 is 0 Å². The van der Waals surface area contributed by atoms with Crippen molar-refractivity contribution in [3.63, 3.8) is 0 Å². The summed E-state index contributed by atoms with van der Waals surface area (Å²) in [5.41, 5.74) is 0. The highest BCUT2D eigenvalue weighted by atomic mass is 79.9. The van der Waals surface area contributed by atoms with E-state index in [9.17, 15) is 0 Å². The average molecular weight is 479 g/mol. The van der Waals surface area contributed by atoms with Crippen molar-refractivity contribution < 1.29 is 21.1 Å². The Morgan fingerprint density at radius 1 is 0.571 bits per heavy atom. The molecule has 28 heavy (non-hydrogen) atoms. The molecule has 1 nitrogen and oxygen atoms in total. The van der Waals surface area contributed by atoms with E-state index >= 15 is 0 Å². The Morgan fingerprint density at radius 2 is 0.964 bits per heavy atom. The van der Waals surface area contributed by atoms with Gasteiger partial charge < -0.3 is 21.1 Å². The lowest BCUT2D eigenvalue weighted by Gasteiger charge is -2.35. The molecule has 0 fully saturated rings. The summed E-state index contributed by atoms with van der Waals surface area (Å²) in [4.78, 5) is 0. The second-order valence-corrected chi connectivity index (χ2v) is 11.3. The molecule has 0 N–H and O–H groups in total. The van der Waals surface area contributed by atoms with Crippen LogP contribution in [-0.4, -0.2) is 34.2 Å². The topological polar surface area (TPSA) is 0 Å². The van der Waals surface area contributed by atoms with Gasteiger partial charge in [0.1, 0.15) is 0 Å². The van der Waals surface area contributed by atoms with Gasteiger partial charge in [-0.25, -0.2) is 0 Å². The lowest BCUT2D eigenvalue weighted by atomic mass is 9.94. The number of quaternary nitrogens is 1. The summed E-state index contributed by atoms with van der Waals surface area (Å²) in [7, 11) is 1.32. The first-order chi connectivity index (χ1) is 13.1. The minimum absolute atomic E-state index is 0. The lowest BCUT2D eigenvalue weighted by molar-refractivity contribution is -0.813. The van der Waals surface area contributed by atoms with Crippen LogP contribution < -0.4 is 17.0 Å². The van der Waals surface area contributed by atoms with E-state index in [4.69, 9.17) is 0 Å². The smallest absolute Gasteiger partial charge is 0.239 e. The molecule has 0 amide bonds. The Bertz CT molecular complexity index is 294. The largest absolute Gasteiger partial charge is 1.00 e. The predicted octanol–water partition coefficient (Wildman–Crippen LogP) is 4.42. The van der Waals surface area contributed by atoms with Crippen molar-refractivity contribution in [1.29, 1.82) is 0 Å². The van der Waals surface area contributed by atoms with E-state index in [1.54, 1.807) is 0 Å². The normalized spacial score (nSPS) is 12.9. The molecule has 0 aromatic rings. The lowest BCUT2D eigenvalue weighted by Crippen LogP contribution is -3.00. The molecule has 0 aliphatic heterocycles. The van der Waals surface area contributed by atoms with Crippen molar-refractivity contribution in [2.45, 2.75) is 137 Å². The van der Waals surface area contributed by atoms with Crippen LogP contribution in [0.1, 0.15) is 137 Å². The number of rotatable bonds is 21. The third-order valence-corrected chi connectivity index (χ3v) is 8.86. The number of nitrogens with zero attached hydrogens (tertiary/aromatic N) is 1. The van der Waals surface area contributed by atoms with Gasteiger partial charge in [-0.3, -0.25) is 0 Å². The Hall–Kier alpha value is 0.657. The van der Waals surface area contributed by atoms with Crippen molar-refractivity contribution in [2.24, 2.45) is 5.92 Å². The summed E-state index contributed by atoms with van der Waals surface area (Å²) < 4.78 is 1.40. The van der Waals surface area contributed by atoms with Crippen LogP contribution in [0.2, 0.25) is 0 Å². The monoisotopic (exact) mass is 477 g/mol. The van der Waals surface area contributed by atoms with Crippen molar-refractivity contribution in [2.75, 3.05) is 19.6 Å². The van der Waals surface area contributed by atoms with Gasteiger partial charge in [0.15, 0.2) is 0 Å². The number of halogens is 1. The van der Waals surface area contributed by atoms with Gasteiger partial charge in [0, 0.05) is 0 Å². The van der Waals surface area contributed by atoms with Crippen LogP contribution in [0.5, 0.6) is 0 Å². The third-order valence-electron chi connectivity index (χ3n) is 7.15. The summed E-state index contributed by atoms with van der Waals surface area (Å²) in [5.74, 6) is 0.992. The summed E-state index contributed by atoms with van der Waals surface area (Å²) >= 11 is 0. The Balaban J connectivity index is 0. The number of hydrogen-bond donors (Lipinski definition) is 0. The highest BCUT2D eigenvalue weighted by Gasteiger charge is 2.17. The fraction of sp³-hybridized carbons (Fsp3) is 1.00. The zero-order chi connectivity index (χ0) is 20.2. The van der Waals surface area contributed by atoms with Crippen LogP contribution in [0.25, 0.3) is 0 Å². The van der Waals surface area contributed by atoms with Crippen molar-refractivity contribution in [3.05, 3.63) is 0 Å². The van der Waals surface area contributed by atoms with Gasteiger partial charge in [-0.15, -0.1) is 0 Å². The van der Waals surface area contributed by atoms with Gasteiger partial charge in [-0.05, 0) is 26.2 Å². The molecule has 0 spiro atoms. The van der Waals surface area contributed by atoms with E-state index in [-0.39, 0.29) is 17.0 Å². The van der Waals surface area contributed by atoms with Gasteiger partial charge >= 0.3 is 0 Å². The van der Waals surface area contributed by atoms with E-state index in [0.29, 0.717) is 0 Å². The molecule has 1 atom stereocenters. The molecular formula is C25H56BrNSi. The standard InChI is InChI=1S/C25H56NSi.BrH/c1-5-9-10-11-12-13-14-15-16-17-18-19-20-21-22-25(6-2)23-24-26(27,7-3)8-4;/h25H,5-24H2,1-4,27H3;1H/q+1;/p-1. The van der Waals surface area contributed by atoms with Crippen molar-refractivity contribution >= 4 is 10.4 Å². The van der Waals surface area contributed by atoms with Gasteiger partial charge in [0.05, 0.1) is 19.6 Å². The van der Waals surface area contributed by atoms with Crippen LogP contribution >= 0.6 is 0 Å². The fourth-order valence-corrected chi connectivity index (χ4v) is 4.47. The maximum Gasteiger partial charge on any atom is 0.239 e. The maximum atomic E-state index is 2.41. The number of unbranched alkanes of at least 4 members (excludes halogenated alkanes) is 13. The van der Waals surface area contributed by atoms with E-state index in [1.807, 2.05) is 0 Å². The van der Waals surface area contributed by atoms with E-state index in [1.165, 1.54) is 143 Å². The third kappa shape index (κ3) is 18.7. The minimum Gasteiger partial charge on any atom is -1.00 e. The molecule has 0 aromatic heterocycles. The van der Waals surface area contributed by atoms with Crippen molar-refractivity contribution in [3.8, 4) is 0 Å². The second-order valence-electron chi connectivity index (χ2n) is 9.42. The first kappa shape index (κ1) is 30.8. The zero-order valence-electron chi connectivity index (χ0n) is 20.5. The van der Waals surface area contributed by atoms with Crippen molar-refractivity contribution in [1.82, 2.24) is 0 Å². The summed E-state index contributed by atoms with van der Waals surface area (Å²) in [6.07, 6.45) is 25.0. The summed E-state index contributed by atoms with van der Waals surface area (Å²) in [6.45, 7) is 13.6. The molecular weight excluding hydrogens is 422 g/mol. The van der Waals surface area contributed by atoms with Crippen LogP contribution in [0.4, 0.5) is 0 Å². The number of hydrogen-bond acceptors (Lipinski definition) is 0. The van der Waals surface area contributed by atoms with Gasteiger partial charge in [0.2, 0.25) is 10.4 Å². The second kappa shape index (κ2) is 22.3. The molecule has 0 bridgehead atoms. The van der Waals surface area contributed by atoms with Crippen LogP contribution in [0.3, 0.4) is 0 Å². The summed E-state index contributed by atoms with van der Waals surface area (Å²) in [6, 6.07) is 0. The Labute approximate surface area is 193 Å². The SMILES string of the molecule is CCCCCCCCCCCCCCCCC(CC)CC[N+]([SiH3])(CC)CC.[Br-]. The molecule has 0 aliphatic carbocycles. The first-order valence-corrected chi connectivity index (χ1v) is 13.8. The molecule has 0 aliphatic rings. The van der Waals surface area contributed by atoms with E-state index in [2.05, 4.69) is 27.7 Å². The molecule has 0 aromatic carbocycles. The van der Waals surface area contributed by atoms with Gasteiger partial charge in [-0.1, -0.05) is 117 Å². The Morgan fingerprint density at radius 3 is 1.32 bits per heavy atom. The highest BCUT2D eigenvalue weighted by molar-refractivity contribution is 5.97. The average Bonchev–Trinajstić information content (AvgIpc) is 2.70. The molecule has 3 heteroatoms. The first-order valence-electron chi connectivity index (χ1n) is 12.9. The van der Waals surface area contributed by atoms with Gasteiger partial charge in [0.25, 0.3) is 0 Å². The molecule has 0 saturated carbocycles. The molecule has 1 unspecified atom stereocenters. The fourth-order valence-electron chi connectivity index (χ4n) is 4.21. The highest BCUT2D eigenvalue weighted by Crippen LogP contribution is 2.20. The van der Waals surface area contributed by atoms with E-state index in [0.717, 1.165) is 5.92 Å². The predicted molar refractivity (Wildman–Crippen MR) is 129 cm³/mol. The molecule has 172 valence electrons. The van der Waals surface area contributed by atoms with Gasteiger partial charge in [-0.2, -0.15) is 0 Å². The molecule has 0 heterocycles. The maximum absolute atomic E-state index is 2.41. The summed E-state index contributed by atoms with van der Waals surface area (Å²) in [5, 5.41) is 0. The quantitative estimate of drug-likeness (QED) is 0.169. The van der Waals surface area contributed by atoms with Crippen LogP contribution in [0.15, 0.2) is 0 Å². The molecule has 0 rings (SSSR count). The molecule has 0 radical (unpaired) electrons. The molecule has 0 saturated heterocycles. The Kier molecular flexibility index (Phi) is 24.6. The van der Waals surface area contributed by atoms with Crippen LogP contribution in [0, 0.1) is 5.92 Å².